The lowest BCUT2D eigenvalue weighted by Crippen LogP contribution is -2.38. The highest BCUT2D eigenvalue weighted by Gasteiger charge is 2.24. The summed E-state index contributed by atoms with van der Waals surface area (Å²) in [7, 11) is 0. The van der Waals surface area contributed by atoms with Gasteiger partial charge >= 0.3 is 0 Å². The zero-order chi connectivity index (χ0) is 24.2. The average Bonchev–Trinajstić information content (AvgIpc) is 3.34. The molecule has 3 N–H and O–H groups in total. The minimum absolute atomic E-state index is 0.00569. The molecule has 0 atom stereocenters. The van der Waals surface area contributed by atoms with Crippen molar-refractivity contribution in [1.82, 2.24) is 20.3 Å². The van der Waals surface area contributed by atoms with Crippen molar-refractivity contribution in [1.29, 1.82) is 0 Å². The van der Waals surface area contributed by atoms with Gasteiger partial charge in [-0.05, 0) is 56.2 Å². The second kappa shape index (κ2) is 10.1. The number of nitrogens with one attached hydrogen (secondary N) is 3. The third-order valence-corrected chi connectivity index (χ3v) is 6.88. The Morgan fingerprint density at radius 1 is 0.943 bits per heavy atom. The molecule has 7 heteroatoms. The lowest BCUT2D eigenvalue weighted by molar-refractivity contribution is 0.0922. The maximum Gasteiger partial charge on any atom is 0.251 e. The summed E-state index contributed by atoms with van der Waals surface area (Å²) in [6.45, 7) is 2.70. The number of hydrogen-bond acceptors (Lipinski definition) is 5. The molecule has 1 aliphatic carbocycles. The molecule has 4 aromatic rings. The van der Waals surface area contributed by atoms with Crippen molar-refractivity contribution in [2.45, 2.75) is 38.6 Å². The first kappa shape index (κ1) is 22.8. The van der Waals surface area contributed by atoms with E-state index in [0.29, 0.717) is 34.1 Å². The van der Waals surface area contributed by atoms with Gasteiger partial charge in [-0.25, -0.2) is 9.97 Å². The predicted octanol–water partition coefficient (Wildman–Crippen LogP) is 4.90. The van der Waals surface area contributed by atoms with Gasteiger partial charge in [-0.2, -0.15) is 0 Å². The minimum Gasteiger partial charge on any atom is -0.369 e. The molecule has 1 aliphatic rings. The number of rotatable bonds is 7. The number of aryl methyl sites for hydroxylation is 1. The molecule has 0 saturated heterocycles. The summed E-state index contributed by atoms with van der Waals surface area (Å²) in [5.74, 6) is 1.10. The van der Waals surface area contributed by atoms with Gasteiger partial charge in [-0.15, -0.1) is 0 Å². The zero-order valence-corrected chi connectivity index (χ0v) is 19.8. The van der Waals surface area contributed by atoms with E-state index < -0.39 is 0 Å². The van der Waals surface area contributed by atoms with E-state index in [2.05, 4.69) is 25.6 Å². The van der Waals surface area contributed by atoms with Crippen molar-refractivity contribution in [3.63, 3.8) is 0 Å². The third-order valence-electron chi connectivity index (χ3n) is 6.88. The molecule has 0 bridgehead atoms. The van der Waals surface area contributed by atoms with Gasteiger partial charge in [-0.3, -0.25) is 9.59 Å². The Hall–Kier alpha value is -4.00. The summed E-state index contributed by atoms with van der Waals surface area (Å²) >= 11 is 0. The monoisotopic (exact) mass is 467 g/mol. The van der Waals surface area contributed by atoms with Crippen LogP contribution in [0.25, 0.3) is 11.0 Å². The number of anilines is 1. The van der Waals surface area contributed by atoms with E-state index in [-0.39, 0.29) is 17.7 Å². The van der Waals surface area contributed by atoms with Gasteiger partial charge in [-0.1, -0.05) is 42.5 Å². The summed E-state index contributed by atoms with van der Waals surface area (Å²) in [6, 6.07) is 17.2. The molecular weight excluding hydrogens is 438 g/mol. The highest BCUT2D eigenvalue weighted by Crippen LogP contribution is 2.29. The first-order valence-electron chi connectivity index (χ1n) is 12.1. The van der Waals surface area contributed by atoms with Crippen LogP contribution in [0.15, 0.2) is 67.1 Å². The Morgan fingerprint density at radius 3 is 2.46 bits per heavy atom. The van der Waals surface area contributed by atoms with Gasteiger partial charge in [0.25, 0.3) is 5.91 Å². The minimum atomic E-state index is -0.0399. The lowest BCUT2D eigenvalue weighted by Gasteiger charge is -2.29. The number of fused-ring (bicyclic) bond motifs is 1. The van der Waals surface area contributed by atoms with Crippen LogP contribution in [-0.2, 0) is 0 Å². The number of carbonyl (C=O) groups is 2. The Bertz CT molecular complexity index is 1340. The number of H-pyrrole nitrogens is 1. The second-order valence-corrected chi connectivity index (χ2v) is 9.23. The largest absolute Gasteiger partial charge is 0.369 e. The summed E-state index contributed by atoms with van der Waals surface area (Å²) in [6.07, 6.45) is 7.17. The Balaban J connectivity index is 1.23. The Morgan fingerprint density at radius 2 is 1.69 bits per heavy atom. The number of aromatic amines is 1. The van der Waals surface area contributed by atoms with Gasteiger partial charge in [0, 0.05) is 29.9 Å². The van der Waals surface area contributed by atoms with E-state index in [4.69, 9.17) is 0 Å². The maximum atomic E-state index is 13.3. The van der Waals surface area contributed by atoms with E-state index in [1.807, 2.05) is 61.5 Å². The third kappa shape index (κ3) is 4.94. The first-order chi connectivity index (χ1) is 17.1. The molecule has 178 valence electrons. The van der Waals surface area contributed by atoms with Crippen LogP contribution in [-0.4, -0.2) is 39.2 Å². The summed E-state index contributed by atoms with van der Waals surface area (Å²) in [5.41, 5.74) is 3.54. The van der Waals surface area contributed by atoms with Crippen molar-refractivity contribution >= 4 is 28.5 Å². The highest BCUT2D eigenvalue weighted by molar-refractivity contribution is 6.18. The van der Waals surface area contributed by atoms with Crippen LogP contribution in [0.2, 0.25) is 0 Å². The lowest BCUT2D eigenvalue weighted by atomic mass is 9.86. The SMILES string of the molecule is Cc1ccccc1C(=O)c1c[nH]c2ncnc(NC[C@H]3CC[C@@H](NC(=O)c4ccccc4)CC3)c12. The van der Waals surface area contributed by atoms with Crippen molar-refractivity contribution < 1.29 is 9.59 Å². The highest BCUT2D eigenvalue weighted by atomic mass is 16.1. The van der Waals surface area contributed by atoms with Crippen molar-refractivity contribution in [3.05, 3.63) is 89.4 Å². The maximum absolute atomic E-state index is 13.3. The summed E-state index contributed by atoms with van der Waals surface area (Å²) in [4.78, 5) is 37.6. The normalized spacial score (nSPS) is 17.7. The standard InChI is InChI=1S/C28H29N5O2/c1-18-7-5-6-10-22(18)25(34)23-16-30-27-24(23)26(31-17-32-27)29-15-19-11-13-21(14-12-19)33-28(35)20-8-3-2-4-9-20/h2-10,16-17,19,21H,11-15H2,1H3,(H,33,35)(H2,29,30,31,32)/t19-,21+. The number of carbonyl (C=O) groups excluding carboxylic acids is 2. The fourth-order valence-corrected chi connectivity index (χ4v) is 4.86. The van der Waals surface area contributed by atoms with Crippen molar-refractivity contribution in [2.75, 3.05) is 11.9 Å². The Labute approximate surface area is 204 Å². The molecule has 0 unspecified atom stereocenters. The summed E-state index contributed by atoms with van der Waals surface area (Å²) in [5, 5.41) is 7.37. The van der Waals surface area contributed by atoms with E-state index in [9.17, 15) is 9.59 Å². The number of aromatic nitrogens is 3. The van der Waals surface area contributed by atoms with Crippen LogP contribution in [0, 0.1) is 12.8 Å². The number of hydrogen-bond donors (Lipinski definition) is 3. The summed E-state index contributed by atoms with van der Waals surface area (Å²) < 4.78 is 0. The van der Waals surface area contributed by atoms with Crippen LogP contribution in [0.3, 0.4) is 0 Å². The molecule has 1 fully saturated rings. The van der Waals surface area contributed by atoms with E-state index in [1.165, 1.54) is 6.33 Å². The molecule has 0 aliphatic heterocycles. The second-order valence-electron chi connectivity index (χ2n) is 9.23. The van der Waals surface area contributed by atoms with E-state index >= 15 is 0 Å². The number of nitrogens with zero attached hydrogens (tertiary/aromatic N) is 2. The molecule has 1 saturated carbocycles. The van der Waals surface area contributed by atoms with Crippen LogP contribution in [0.5, 0.6) is 0 Å². The fourth-order valence-electron chi connectivity index (χ4n) is 4.86. The molecule has 5 rings (SSSR count). The van der Waals surface area contributed by atoms with Gasteiger partial charge in [0.2, 0.25) is 0 Å². The molecular formula is C28H29N5O2. The molecule has 35 heavy (non-hydrogen) atoms. The topological polar surface area (TPSA) is 99.8 Å². The number of benzene rings is 2. The van der Waals surface area contributed by atoms with E-state index in [1.54, 1.807) is 6.20 Å². The molecule has 7 nitrogen and oxygen atoms in total. The average molecular weight is 468 g/mol. The predicted molar refractivity (Wildman–Crippen MR) is 137 cm³/mol. The molecule has 1 amide bonds. The number of amides is 1. The van der Waals surface area contributed by atoms with Crippen LogP contribution in [0.1, 0.15) is 57.5 Å². The quantitative estimate of drug-likeness (QED) is 0.336. The van der Waals surface area contributed by atoms with Gasteiger partial charge in [0.05, 0.1) is 10.9 Å². The van der Waals surface area contributed by atoms with Crippen LogP contribution >= 0.6 is 0 Å². The van der Waals surface area contributed by atoms with Gasteiger partial charge < -0.3 is 15.6 Å². The molecule has 0 spiro atoms. The molecule has 0 radical (unpaired) electrons. The van der Waals surface area contributed by atoms with E-state index in [0.717, 1.165) is 43.2 Å². The van der Waals surface area contributed by atoms with Crippen LogP contribution in [0.4, 0.5) is 5.82 Å². The molecule has 2 aromatic heterocycles. The van der Waals surface area contributed by atoms with Crippen molar-refractivity contribution in [2.24, 2.45) is 5.92 Å². The Kier molecular flexibility index (Phi) is 6.57. The molecule has 2 heterocycles. The molecule has 2 aromatic carbocycles. The van der Waals surface area contributed by atoms with Crippen LogP contribution < -0.4 is 10.6 Å². The smallest absolute Gasteiger partial charge is 0.251 e. The number of ketones is 1. The fraction of sp³-hybridized carbons (Fsp3) is 0.286. The first-order valence-corrected chi connectivity index (χ1v) is 12.1. The van der Waals surface area contributed by atoms with Gasteiger partial charge in [0.1, 0.15) is 17.8 Å². The zero-order valence-electron chi connectivity index (χ0n) is 19.8. The van der Waals surface area contributed by atoms with Crippen molar-refractivity contribution in [3.8, 4) is 0 Å². The van der Waals surface area contributed by atoms with Gasteiger partial charge in [0.15, 0.2) is 5.78 Å².